The predicted molar refractivity (Wildman–Crippen MR) is 83.9 cm³/mol. The van der Waals surface area contributed by atoms with E-state index in [9.17, 15) is 9.90 Å². The Morgan fingerprint density at radius 3 is 2.80 bits per heavy atom. The van der Waals surface area contributed by atoms with Crippen molar-refractivity contribution in [2.75, 3.05) is 0 Å². The van der Waals surface area contributed by atoms with Crippen molar-refractivity contribution in [3.63, 3.8) is 0 Å². The van der Waals surface area contributed by atoms with Crippen LogP contribution in [0.5, 0.6) is 0 Å². The van der Waals surface area contributed by atoms with E-state index in [-0.39, 0.29) is 11.5 Å². The van der Waals surface area contributed by atoms with Crippen LogP contribution >= 0.6 is 15.9 Å². The molecule has 102 valence electrons. The van der Waals surface area contributed by atoms with Crippen molar-refractivity contribution in [2.24, 2.45) is 0 Å². The van der Waals surface area contributed by atoms with E-state index in [2.05, 4.69) is 34.1 Å². The summed E-state index contributed by atoms with van der Waals surface area (Å²) in [5.74, 6) is 0.360. The molecule has 1 aliphatic rings. The number of Topliss-reactive ketones (excluding diaryl/α,β-unsaturated/α-hetero) is 1. The minimum absolute atomic E-state index is 0.0862. The average Bonchev–Trinajstić information content (AvgIpc) is 2.43. The summed E-state index contributed by atoms with van der Waals surface area (Å²) >= 11 is 3.54. The number of halogens is 1. The molecule has 0 atom stereocenters. The van der Waals surface area contributed by atoms with Gasteiger partial charge in [-0.05, 0) is 28.8 Å². The topological polar surface area (TPSA) is 37.3 Å². The van der Waals surface area contributed by atoms with Crippen molar-refractivity contribution < 1.29 is 9.90 Å². The van der Waals surface area contributed by atoms with Crippen LogP contribution in [0.1, 0.15) is 24.8 Å². The fraction of sp³-hybridized carbons (Fsp3) is 0.235. The van der Waals surface area contributed by atoms with E-state index in [0.717, 1.165) is 27.2 Å². The molecule has 2 aromatic rings. The van der Waals surface area contributed by atoms with E-state index in [4.69, 9.17) is 0 Å². The molecule has 0 amide bonds. The fourth-order valence-electron chi connectivity index (χ4n) is 2.69. The second-order valence-corrected chi connectivity index (χ2v) is 6.03. The molecule has 0 saturated heterocycles. The molecule has 0 bridgehead atoms. The Balaban J connectivity index is 1.97. The van der Waals surface area contributed by atoms with Crippen LogP contribution < -0.4 is 0 Å². The first-order valence-corrected chi connectivity index (χ1v) is 7.56. The summed E-state index contributed by atoms with van der Waals surface area (Å²) < 4.78 is 1.07. The number of aliphatic hydroxyl groups excluding tert-OH is 1. The van der Waals surface area contributed by atoms with E-state index in [0.29, 0.717) is 24.8 Å². The maximum Gasteiger partial charge on any atom is 0.162 e. The maximum absolute atomic E-state index is 11.9. The molecule has 0 aliphatic heterocycles. The highest BCUT2D eigenvalue weighted by Crippen LogP contribution is 2.27. The number of carbonyl (C=O) groups excluding carboxylic acids is 1. The second kappa shape index (κ2) is 5.41. The zero-order chi connectivity index (χ0) is 14.1. The van der Waals surface area contributed by atoms with Crippen LogP contribution in [0.15, 0.2) is 52.2 Å². The number of hydrogen-bond acceptors (Lipinski definition) is 2. The molecular weight excluding hydrogens is 316 g/mol. The third-order valence-electron chi connectivity index (χ3n) is 3.77. The second-order valence-electron chi connectivity index (χ2n) is 5.17. The minimum Gasteiger partial charge on any atom is -0.512 e. The van der Waals surface area contributed by atoms with Gasteiger partial charge >= 0.3 is 0 Å². The molecule has 0 aromatic heterocycles. The van der Waals surface area contributed by atoms with Crippen LogP contribution in [-0.2, 0) is 11.2 Å². The van der Waals surface area contributed by atoms with Gasteiger partial charge in [0.1, 0.15) is 0 Å². The van der Waals surface area contributed by atoms with Crippen molar-refractivity contribution in [3.8, 4) is 0 Å². The van der Waals surface area contributed by atoms with Gasteiger partial charge in [-0.2, -0.15) is 0 Å². The normalized spacial score (nSPS) is 15.9. The summed E-state index contributed by atoms with van der Waals surface area (Å²) in [6.45, 7) is 0. The molecule has 0 fully saturated rings. The summed E-state index contributed by atoms with van der Waals surface area (Å²) in [4.78, 5) is 11.9. The predicted octanol–water partition coefficient (Wildman–Crippen LogP) is 4.71. The highest BCUT2D eigenvalue weighted by atomic mass is 79.9. The molecule has 2 aromatic carbocycles. The Bertz CT molecular complexity index is 716. The van der Waals surface area contributed by atoms with Crippen LogP contribution in [0.2, 0.25) is 0 Å². The molecule has 1 N–H and O–H groups in total. The van der Waals surface area contributed by atoms with Crippen molar-refractivity contribution in [1.29, 1.82) is 0 Å². The quantitative estimate of drug-likeness (QED) is 0.865. The molecule has 20 heavy (non-hydrogen) atoms. The van der Waals surface area contributed by atoms with Gasteiger partial charge in [0.05, 0.1) is 5.76 Å². The Hall–Kier alpha value is -1.61. The van der Waals surface area contributed by atoms with Crippen LogP contribution in [0, 0.1) is 0 Å². The lowest BCUT2D eigenvalue weighted by molar-refractivity contribution is -0.116. The van der Waals surface area contributed by atoms with Gasteiger partial charge in [0, 0.05) is 29.3 Å². The highest BCUT2D eigenvalue weighted by Gasteiger charge is 2.20. The standard InChI is InChI=1S/C17H15BrO2/c18-15-4-1-3-12-9-11(7-8-13(12)15)10-14-16(19)5-2-6-17(14)20/h1,3-4,7-9,19H,2,5-6,10H2. The number of ketones is 1. The van der Waals surface area contributed by atoms with Gasteiger partial charge in [0.25, 0.3) is 0 Å². The Kier molecular flexibility index (Phi) is 3.62. The molecule has 3 rings (SSSR count). The molecular formula is C17H15BrO2. The highest BCUT2D eigenvalue weighted by molar-refractivity contribution is 9.10. The van der Waals surface area contributed by atoms with Crippen molar-refractivity contribution in [3.05, 3.63) is 57.8 Å². The molecule has 1 aliphatic carbocycles. The van der Waals surface area contributed by atoms with Gasteiger partial charge in [0.15, 0.2) is 5.78 Å². The first-order chi connectivity index (χ1) is 9.65. The van der Waals surface area contributed by atoms with Crippen molar-refractivity contribution in [1.82, 2.24) is 0 Å². The number of allylic oxidation sites excluding steroid dienone is 2. The van der Waals surface area contributed by atoms with Gasteiger partial charge < -0.3 is 5.11 Å². The number of fused-ring (bicyclic) bond motifs is 1. The summed E-state index contributed by atoms with van der Waals surface area (Å²) in [5.41, 5.74) is 1.65. The van der Waals surface area contributed by atoms with Gasteiger partial charge in [0.2, 0.25) is 0 Å². The van der Waals surface area contributed by atoms with E-state index in [1.807, 2.05) is 18.2 Å². The Morgan fingerprint density at radius 2 is 2.00 bits per heavy atom. The SMILES string of the molecule is O=C1CCCC(O)=C1Cc1ccc2c(Br)cccc2c1. The Labute approximate surface area is 126 Å². The van der Waals surface area contributed by atoms with Gasteiger partial charge in [-0.3, -0.25) is 4.79 Å². The van der Waals surface area contributed by atoms with Gasteiger partial charge in [-0.1, -0.05) is 46.3 Å². The van der Waals surface area contributed by atoms with Crippen LogP contribution in [0.3, 0.4) is 0 Å². The molecule has 0 saturated carbocycles. The number of aliphatic hydroxyl groups is 1. The summed E-state index contributed by atoms with van der Waals surface area (Å²) in [6, 6.07) is 12.2. The largest absolute Gasteiger partial charge is 0.512 e. The monoisotopic (exact) mass is 330 g/mol. The summed E-state index contributed by atoms with van der Waals surface area (Å²) in [6.07, 6.45) is 2.46. The molecule has 0 heterocycles. The molecule has 2 nitrogen and oxygen atoms in total. The van der Waals surface area contributed by atoms with Crippen LogP contribution in [-0.4, -0.2) is 10.9 Å². The fourth-order valence-corrected chi connectivity index (χ4v) is 3.20. The third-order valence-corrected chi connectivity index (χ3v) is 4.47. The van der Waals surface area contributed by atoms with E-state index >= 15 is 0 Å². The lowest BCUT2D eigenvalue weighted by atomic mass is 9.91. The van der Waals surface area contributed by atoms with E-state index in [1.54, 1.807) is 0 Å². The molecule has 0 spiro atoms. The first kappa shape index (κ1) is 13.4. The van der Waals surface area contributed by atoms with Crippen molar-refractivity contribution >= 4 is 32.5 Å². The van der Waals surface area contributed by atoms with E-state index in [1.165, 1.54) is 0 Å². The lowest BCUT2D eigenvalue weighted by Crippen LogP contribution is -2.13. The van der Waals surface area contributed by atoms with Crippen LogP contribution in [0.25, 0.3) is 10.8 Å². The first-order valence-electron chi connectivity index (χ1n) is 6.76. The molecule has 0 radical (unpaired) electrons. The average molecular weight is 331 g/mol. The van der Waals surface area contributed by atoms with Crippen LogP contribution in [0.4, 0.5) is 0 Å². The Morgan fingerprint density at radius 1 is 1.15 bits per heavy atom. The minimum atomic E-state index is 0.0862. The molecule has 3 heteroatoms. The third kappa shape index (κ3) is 2.50. The number of benzene rings is 2. The summed E-state index contributed by atoms with van der Waals surface area (Å²) in [7, 11) is 0. The zero-order valence-corrected chi connectivity index (χ0v) is 12.6. The van der Waals surface area contributed by atoms with Crippen molar-refractivity contribution in [2.45, 2.75) is 25.7 Å². The number of carbonyl (C=O) groups is 1. The maximum atomic E-state index is 11.9. The summed E-state index contributed by atoms with van der Waals surface area (Å²) in [5, 5.41) is 12.2. The smallest absolute Gasteiger partial charge is 0.162 e. The number of hydrogen-bond donors (Lipinski definition) is 1. The molecule has 0 unspecified atom stereocenters. The number of rotatable bonds is 2. The zero-order valence-electron chi connectivity index (χ0n) is 11.0. The van der Waals surface area contributed by atoms with Gasteiger partial charge in [-0.15, -0.1) is 0 Å². The lowest BCUT2D eigenvalue weighted by Gasteiger charge is -2.15. The van der Waals surface area contributed by atoms with E-state index < -0.39 is 0 Å². The van der Waals surface area contributed by atoms with Gasteiger partial charge in [-0.25, -0.2) is 0 Å².